The number of nitro benzene ring substituents is 1. The number of oxazole rings is 1. The van der Waals surface area contributed by atoms with Crippen LogP contribution in [0.25, 0.3) is 11.1 Å². The molecule has 2 heterocycles. The Kier molecular flexibility index (Phi) is 5.76. The number of non-ortho nitro benzene ring substituents is 1. The van der Waals surface area contributed by atoms with Crippen LogP contribution in [0, 0.1) is 10.1 Å². The van der Waals surface area contributed by atoms with Crippen LogP contribution in [0.15, 0.2) is 27.4 Å². The first kappa shape index (κ1) is 19.6. The van der Waals surface area contributed by atoms with E-state index in [1.54, 1.807) is 4.90 Å². The highest BCUT2D eigenvalue weighted by Gasteiger charge is 2.25. The summed E-state index contributed by atoms with van der Waals surface area (Å²) < 4.78 is 11.2. The van der Waals surface area contributed by atoms with Crippen molar-refractivity contribution in [2.24, 2.45) is 0 Å². The maximum absolute atomic E-state index is 12.5. The maximum Gasteiger partial charge on any atom is 0.420 e. The summed E-state index contributed by atoms with van der Waals surface area (Å²) in [5.74, 6) is -1.85. The minimum absolute atomic E-state index is 0.000640. The van der Waals surface area contributed by atoms with E-state index in [0.29, 0.717) is 13.1 Å². The molecule has 10 nitrogen and oxygen atoms in total. The lowest BCUT2D eigenvalue weighted by atomic mass is 10.2. The van der Waals surface area contributed by atoms with Crippen LogP contribution in [0.3, 0.4) is 0 Å². The molecule has 1 aliphatic rings. The number of nitrogens with zero attached hydrogens (tertiary/aromatic N) is 3. The van der Waals surface area contributed by atoms with Crippen LogP contribution < -0.4 is 5.76 Å². The van der Waals surface area contributed by atoms with Crippen LogP contribution in [-0.2, 0) is 20.9 Å². The molecule has 1 amide bonds. The Morgan fingerprint density at radius 1 is 1.25 bits per heavy atom. The molecule has 0 bridgehead atoms. The van der Waals surface area contributed by atoms with E-state index in [1.165, 1.54) is 19.1 Å². The predicted molar refractivity (Wildman–Crippen MR) is 97.7 cm³/mol. The van der Waals surface area contributed by atoms with Gasteiger partial charge in [0.15, 0.2) is 11.7 Å². The Balaban J connectivity index is 1.69. The molecule has 0 unspecified atom stereocenters. The van der Waals surface area contributed by atoms with Crippen LogP contribution in [0.4, 0.5) is 5.69 Å². The first-order valence-electron chi connectivity index (χ1n) is 9.13. The predicted octanol–water partition coefficient (Wildman–Crippen LogP) is 1.84. The number of amides is 1. The van der Waals surface area contributed by atoms with Gasteiger partial charge in [-0.05, 0) is 25.8 Å². The van der Waals surface area contributed by atoms with Gasteiger partial charge in [-0.25, -0.2) is 4.79 Å². The fraction of sp³-hybridized carbons (Fsp3) is 0.500. The molecule has 150 valence electrons. The molecule has 0 spiro atoms. The molecule has 0 aliphatic carbocycles. The molecular formula is C18H21N3O7. The largest absolute Gasteiger partial charge is 0.451 e. The summed E-state index contributed by atoms with van der Waals surface area (Å²) in [6.07, 6.45) is 3.05. The molecule has 1 atom stereocenters. The number of aromatic nitrogens is 1. The third-order valence-corrected chi connectivity index (χ3v) is 4.72. The summed E-state index contributed by atoms with van der Waals surface area (Å²) in [7, 11) is 0. The van der Waals surface area contributed by atoms with Gasteiger partial charge in [0.25, 0.3) is 11.6 Å². The van der Waals surface area contributed by atoms with E-state index in [4.69, 9.17) is 9.15 Å². The van der Waals surface area contributed by atoms with Crippen molar-refractivity contribution in [3.05, 3.63) is 38.9 Å². The molecule has 0 radical (unpaired) electrons. The summed E-state index contributed by atoms with van der Waals surface area (Å²) in [5, 5.41) is 10.8. The minimum Gasteiger partial charge on any atom is -0.451 e. The van der Waals surface area contributed by atoms with Gasteiger partial charge in [-0.1, -0.05) is 12.8 Å². The number of benzene rings is 1. The van der Waals surface area contributed by atoms with Crippen LogP contribution in [0.1, 0.15) is 32.6 Å². The monoisotopic (exact) mass is 391 g/mol. The number of carbonyl (C=O) groups excluding carboxylic acids is 2. The van der Waals surface area contributed by atoms with Gasteiger partial charge in [0, 0.05) is 19.2 Å². The highest BCUT2D eigenvalue weighted by atomic mass is 16.6. The maximum atomic E-state index is 12.5. The van der Waals surface area contributed by atoms with Crippen molar-refractivity contribution in [3.63, 3.8) is 0 Å². The lowest BCUT2D eigenvalue weighted by Gasteiger charge is -2.24. The van der Waals surface area contributed by atoms with Crippen molar-refractivity contribution in [1.29, 1.82) is 0 Å². The van der Waals surface area contributed by atoms with Crippen LogP contribution in [0.5, 0.6) is 0 Å². The molecule has 1 saturated heterocycles. The number of esters is 1. The molecule has 0 N–H and O–H groups in total. The zero-order valence-corrected chi connectivity index (χ0v) is 15.5. The van der Waals surface area contributed by atoms with E-state index in [2.05, 4.69) is 0 Å². The fourth-order valence-corrected chi connectivity index (χ4v) is 3.28. The van der Waals surface area contributed by atoms with Crippen LogP contribution in [0.2, 0.25) is 0 Å². The first-order valence-corrected chi connectivity index (χ1v) is 9.13. The Labute approximate surface area is 159 Å². The van der Waals surface area contributed by atoms with Crippen molar-refractivity contribution in [3.8, 4) is 0 Å². The highest BCUT2D eigenvalue weighted by molar-refractivity contribution is 5.84. The number of hydrogen-bond acceptors (Lipinski definition) is 7. The summed E-state index contributed by atoms with van der Waals surface area (Å²) in [6, 6.07) is 3.66. The molecule has 0 saturated carbocycles. The van der Waals surface area contributed by atoms with E-state index >= 15 is 0 Å². The first-order chi connectivity index (χ1) is 13.4. The second kappa shape index (κ2) is 8.24. The lowest BCUT2D eigenvalue weighted by Crippen LogP contribution is -2.41. The molecule has 10 heteroatoms. The molecule has 1 aromatic carbocycles. The lowest BCUT2D eigenvalue weighted by molar-refractivity contribution is -0.384. The van der Waals surface area contributed by atoms with E-state index in [9.17, 15) is 24.5 Å². The Bertz CT molecular complexity index is 954. The number of carbonyl (C=O) groups is 2. The van der Waals surface area contributed by atoms with Gasteiger partial charge in [-0.3, -0.25) is 24.3 Å². The molecule has 1 aliphatic heterocycles. The molecule has 28 heavy (non-hydrogen) atoms. The molecule has 3 rings (SSSR count). The summed E-state index contributed by atoms with van der Waals surface area (Å²) in [6.45, 7) is 2.34. The van der Waals surface area contributed by atoms with Gasteiger partial charge >= 0.3 is 11.7 Å². The number of rotatable bonds is 5. The second-order valence-corrected chi connectivity index (χ2v) is 6.73. The van der Waals surface area contributed by atoms with Crippen molar-refractivity contribution in [2.75, 3.05) is 13.1 Å². The average Bonchev–Trinajstić information content (AvgIpc) is 2.83. The molecule has 1 aromatic heterocycles. The van der Waals surface area contributed by atoms with Gasteiger partial charge in [0.1, 0.15) is 6.54 Å². The summed E-state index contributed by atoms with van der Waals surface area (Å²) in [4.78, 5) is 48.6. The quantitative estimate of drug-likeness (QED) is 0.432. The Morgan fingerprint density at radius 2 is 1.93 bits per heavy atom. The zero-order valence-electron chi connectivity index (χ0n) is 15.5. The number of fused-ring (bicyclic) bond motifs is 1. The van der Waals surface area contributed by atoms with E-state index in [0.717, 1.165) is 36.3 Å². The van der Waals surface area contributed by atoms with Crippen LogP contribution in [-0.4, -0.2) is 45.5 Å². The van der Waals surface area contributed by atoms with Gasteiger partial charge in [-0.2, -0.15) is 0 Å². The molecular weight excluding hydrogens is 370 g/mol. The minimum atomic E-state index is -0.958. The molecule has 1 fully saturated rings. The standard InChI is InChI=1S/C18H21N3O7/c1-12(17(23)19-8-4-2-3-5-9-19)27-16(22)11-20-14-7-6-13(21(25)26)10-15(14)28-18(20)24/h6-7,10,12H,2-5,8-9,11H2,1H3/t12-/m0/s1. The highest BCUT2D eigenvalue weighted by Crippen LogP contribution is 2.20. The summed E-state index contributed by atoms with van der Waals surface area (Å²) in [5.41, 5.74) is 0.00684. The fourth-order valence-electron chi connectivity index (χ4n) is 3.28. The summed E-state index contributed by atoms with van der Waals surface area (Å²) >= 11 is 0. The number of ether oxygens (including phenoxy) is 1. The number of likely N-dealkylation sites (tertiary alicyclic amines) is 1. The third kappa shape index (κ3) is 4.21. The zero-order chi connectivity index (χ0) is 20.3. The van der Waals surface area contributed by atoms with Crippen molar-refractivity contribution >= 4 is 28.7 Å². The molecule has 2 aromatic rings. The topological polar surface area (TPSA) is 125 Å². The van der Waals surface area contributed by atoms with Gasteiger partial charge in [0.2, 0.25) is 0 Å². The number of nitro groups is 1. The third-order valence-electron chi connectivity index (χ3n) is 4.72. The van der Waals surface area contributed by atoms with Crippen molar-refractivity contribution < 1.29 is 23.7 Å². The van der Waals surface area contributed by atoms with E-state index in [-0.39, 0.29) is 22.7 Å². The SMILES string of the molecule is C[C@H](OC(=O)Cn1c(=O)oc2cc([N+](=O)[O-])ccc21)C(=O)N1CCCCCC1. The number of hydrogen-bond donors (Lipinski definition) is 0. The Morgan fingerprint density at radius 3 is 2.57 bits per heavy atom. The smallest absolute Gasteiger partial charge is 0.420 e. The van der Waals surface area contributed by atoms with Crippen LogP contribution >= 0.6 is 0 Å². The van der Waals surface area contributed by atoms with Gasteiger partial charge in [-0.15, -0.1) is 0 Å². The van der Waals surface area contributed by atoms with Crippen molar-refractivity contribution in [1.82, 2.24) is 9.47 Å². The van der Waals surface area contributed by atoms with Gasteiger partial charge < -0.3 is 14.1 Å². The van der Waals surface area contributed by atoms with Crippen molar-refractivity contribution in [2.45, 2.75) is 45.3 Å². The second-order valence-electron chi connectivity index (χ2n) is 6.73. The van der Waals surface area contributed by atoms with Gasteiger partial charge in [0.05, 0.1) is 16.5 Å². The normalized spacial score (nSPS) is 15.8. The van der Waals surface area contributed by atoms with E-state index in [1.807, 2.05) is 0 Å². The van der Waals surface area contributed by atoms with E-state index < -0.39 is 29.3 Å². The average molecular weight is 391 g/mol. The Hall–Kier alpha value is -3.17.